The van der Waals surface area contributed by atoms with Crippen molar-refractivity contribution in [1.82, 2.24) is 10.2 Å². The molecule has 1 unspecified atom stereocenters. The van der Waals surface area contributed by atoms with Gasteiger partial charge >= 0.3 is 0 Å². The highest BCUT2D eigenvalue weighted by Crippen LogP contribution is 2.32. The molecule has 1 aromatic rings. The predicted molar refractivity (Wildman–Crippen MR) is 227 cm³/mol. The van der Waals surface area contributed by atoms with Crippen LogP contribution in [0.25, 0.3) is 0 Å². The second kappa shape index (κ2) is 36.6. The lowest BCUT2D eigenvalue weighted by molar-refractivity contribution is -0.136. The number of benzene rings is 1. The molecule has 21 heteroatoms. The minimum absolute atomic E-state index is 0.0127. The summed E-state index contributed by atoms with van der Waals surface area (Å²) < 4.78 is 65.3. The maximum absolute atomic E-state index is 13.2. The first-order valence-electron chi connectivity index (χ1n) is 22.1. The number of nitrogens with one attached hydrogen (secondary N) is 2. The standard InChI is InChI=1S/C43H69N3O18/c47-10-12-54-14-16-56-18-20-58-22-24-60-26-28-62-30-32-64-34-33-63-31-29-61-27-25-59-23-21-57-19-17-55-15-13-53-11-3-1-2-7-38(48)44-36-6-4-5-35-40(36)43(52)46(42(35)51)37-8-9-39(49)45-41(37)50/h4-6,37,47H,1-3,7-34H2,(H,44,48)(H,45,49,50). The number of amides is 5. The maximum atomic E-state index is 13.2. The summed E-state index contributed by atoms with van der Waals surface area (Å²) in [4.78, 5) is 63.6. The number of nitrogens with zero attached hydrogens (tertiary/aromatic N) is 1. The highest BCUT2D eigenvalue weighted by molar-refractivity contribution is 6.26. The molecule has 364 valence electrons. The Kier molecular flexibility index (Phi) is 31.4. The third kappa shape index (κ3) is 24.1. The van der Waals surface area contributed by atoms with E-state index in [-0.39, 0.29) is 48.6 Å². The van der Waals surface area contributed by atoms with E-state index in [1.807, 2.05) is 0 Å². The van der Waals surface area contributed by atoms with Gasteiger partial charge in [0.05, 0.1) is 175 Å². The molecule has 1 aromatic carbocycles. The van der Waals surface area contributed by atoms with Gasteiger partial charge < -0.3 is 67.3 Å². The number of hydrogen-bond donors (Lipinski definition) is 3. The van der Waals surface area contributed by atoms with Gasteiger partial charge in [-0.25, -0.2) is 0 Å². The summed E-state index contributed by atoms with van der Waals surface area (Å²) >= 11 is 0. The lowest BCUT2D eigenvalue weighted by atomic mass is 10.0. The number of aliphatic hydroxyl groups excluding tert-OH is 1. The van der Waals surface area contributed by atoms with Gasteiger partial charge in [0, 0.05) is 19.4 Å². The number of hydrogen-bond acceptors (Lipinski definition) is 18. The molecule has 21 nitrogen and oxygen atoms in total. The summed E-state index contributed by atoms with van der Waals surface area (Å²) in [5.74, 6) is -2.73. The molecular formula is C43H69N3O18. The molecule has 2 aliphatic rings. The molecule has 1 fully saturated rings. The Labute approximate surface area is 375 Å². The average Bonchev–Trinajstić information content (AvgIpc) is 3.54. The van der Waals surface area contributed by atoms with Crippen LogP contribution in [0.3, 0.4) is 0 Å². The second-order valence-electron chi connectivity index (χ2n) is 14.1. The molecule has 0 aromatic heterocycles. The number of anilines is 1. The molecule has 3 rings (SSSR count). The number of aliphatic hydroxyl groups is 1. The molecule has 3 N–H and O–H groups in total. The normalized spacial score (nSPS) is 15.0. The minimum atomic E-state index is -1.08. The highest BCUT2D eigenvalue weighted by Gasteiger charge is 2.45. The fourth-order valence-corrected chi connectivity index (χ4v) is 6.08. The van der Waals surface area contributed by atoms with E-state index in [2.05, 4.69) is 10.6 Å². The van der Waals surface area contributed by atoms with E-state index >= 15 is 0 Å². The third-order valence-electron chi connectivity index (χ3n) is 9.26. The van der Waals surface area contributed by atoms with Crippen LogP contribution in [0, 0.1) is 0 Å². The molecule has 0 aliphatic carbocycles. The first-order chi connectivity index (χ1) is 31.4. The summed E-state index contributed by atoms with van der Waals surface area (Å²) in [7, 11) is 0. The lowest BCUT2D eigenvalue weighted by Gasteiger charge is -2.27. The van der Waals surface area contributed by atoms with Crippen molar-refractivity contribution in [2.75, 3.05) is 170 Å². The molecule has 2 heterocycles. The second-order valence-corrected chi connectivity index (χ2v) is 14.1. The Bertz CT molecular complexity index is 1460. The van der Waals surface area contributed by atoms with Crippen molar-refractivity contribution < 1.29 is 85.9 Å². The van der Waals surface area contributed by atoms with Crippen LogP contribution >= 0.6 is 0 Å². The van der Waals surface area contributed by atoms with Crippen LogP contribution < -0.4 is 10.6 Å². The van der Waals surface area contributed by atoms with Gasteiger partial charge in [-0.1, -0.05) is 12.5 Å². The zero-order valence-electron chi connectivity index (χ0n) is 37.1. The maximum Gasteiger partial charge on any atom is 0.264 e. The van der Waals surface area contributed by atoms with Gasteiger partial charge in [0.2, 0.25) is 17.7 Å². The van der Waals surface area contributed by atoms with Crippen molar-refractivity contribution in [3.63, 3.8) is 0 Å². The first-order valence-corrected chi connectivity index (χ1v) is 22.1. The molecule has 0 saturated carbocycles. The van der Waals surface area contributed by atoms with E-state index in [1.165, 1.54) is 6.07 Å². The zero-order chi connectivity index (χ0) is 45.7. The van der Waals surface area contributed by atoms with Gasteiger partial charge in [0.25, 0.3) is 11.8 Å². The summed E-state index contributed by atoms with van der Waals surface area (Å²) in [6.45, 7) is 11.1. The van der Waals surface area contributed by atoms with Crippen LogP contribution in [0.2, 0.25) is 0 Å². The van der Waals surface area contributed by atoms with Crippen LogP contribution in [0.5, 0.6) is 0 Å². The number of fused-ring (bicyclic) bond motifs is 1. The van der Waals surface area contributed by atoms with Crippen LogP contribution in [0.1, 0.15) is 59.2 Å². The van der Waals surface area contributed by atoms with Crippen LogP contribution in [-0.2, 0) is 71.2 Å². The quantitative estimate of drug-likeness (QED) is 0.0606. The molecule has 0 spiro atoms. The summed E-state index contributed by atoms with van der Waals surface area (Å²) in [6, 6.07) is 3.52. The summed E-state index contributed by atoms with van der Waals surface area (Å²) in [5, 5.41) is 13.5. The van der Waals surface area contributed by atoms with Gasteiger partial charge in [0.1, 0.15) is 6.04 Å². The van der Waals surface area contributed by atoms with Crippen molar-refractivity contribution >= 4 is 35.2 Å². The van der Waals surface area contributed by atoms with Gasteiger partial charge in [-0.3, -0.25) is 34.2 Å². The van der Waals surface area contributed by atoms with Gasteiger partial charge in [-0.2, -0.15) is 0 Å². The molecular weight excluding hydrogens is 846 g/mol. The number of piperidine rings is 1. The SMILES string of the molecule is O=C1CCC(N2C(=O)c3cccc(NC(=O)CCCCCOCCOCCOCCOCCOCCOCCOCCOCCOCCOCCOCCOCCO)c3C2=O)C(=O)N1. The van der Waals surface area contributed by atoms with Crippen LogP contribution in [0.4, 0.5) is 5.69 Å². The van der Waals surface area contributed by atoms with E-state index in [9.17, 15) is 24.0 Å². The zero-order valence-corrected chi connectivity index (χ0v) is 37.1. The molecule has 1 saturated heterocycles. The first kappa shape index (κ1) is 54.8. The predicted octanol–water partition coefficient (Wildman–Crippen LogP) is 0.778. The minimum Gasteiger partial charge on any atom is -0.394 e. The Hall–Kier alpha value is -3.55. The van der Waals surface area contributed by atoms with E-state index in [4.69, 9.17) is 61.9 Å². The number of ether oxygens (including phenoxy) is 12. The lowest BCUT2D eigenvalue weighted by Crippen LogP contribution is -2.54. The number of imide groups is 2. The molecule has 64 heavy (non-hydrogen) atoms. The topological polar surface area (TPSA) is 244 Å². The van der Waals surface area contributed by atoms with Gasteiger partial charge in [0.15, 0.2) is 0 Å². The van der Waals surface area contributed by atoms with Crippen LogP contribution in [-0.4, -0.2) is 211 Å². The smallest absolute Gasteiger partial charge is 0.264 e. The highest BCUT2D eigenvalue weighted by atomic mass is 16.6. The van der Waals surface area contributed by atoms with Crippen molar-refractivity contribution in [2.45, 2.75) is 44.6 Å². The van der Waals surface area contributed by atoms with Gasteiger partial charge in [-0.05, 0) is 31.4 Å². The fraction of sp³-hybridized carbons (Fsp3) is 0.744. The molecule has 0 radical (unpaired) electrons. The fourth-order valence-electron chi connectivity index (χ4n) is 6.08. The van der Waals surface area contributed by atoms with Crippen molar-refractivity contribution in [1.29, 1.82) is 0 Å². The largest absolute Gasteiger partial charge is 0.394 e. The number of carbonyl (C=O) groups excluding carboxylic acids is 5. The average molecular weight is 916 g/mol. The monoisotopic (exact) mass is 915 g/mol. The van der Waals surface area contributed by atoms with E-state index in [0.717, 1.165) is 17.7 Å². The summed E-state index contributed by atoms with van der Waals surface area (Å²) in [5.41, 5.74) is 0.373. The molecule has 0 bridgehead atoms. The molecule has 1 atom stereocenters. The summed E-state index contributed by atoms with van der Waals surface area (Å²) in [6.07, 6.45) is 2.43. The Morgan fingerprint density at radius 3 is 1.36 bits per heavy atom. The third-order valence-corrected chi connectivity index (χ3v) is 9.26. The number of carbonyl (C=O) groups is 5. The van der Waals surface area contributed by atoms with E-state index in [0.29, 0.717) is 165 Å². The Morgan fingerprint density at radius 2 is 0.953 bits per heavy atom. The molecule has 5 amide bonds. The Balaban J connectivity index is 0.976. The van der Waals surface area contributed by atoms with Crippen molar-refractivity contribution in [2.24, 2.45) is 0 Å². The van der Waals surface area contributed by atoms with E-state index < -0.39 is 29.7 Å². The van der Waals surface area contributed by atoms with Crippen LogP contribution in [0.15, 0.2) is 18.2 Å². The number of rotatable bonds is 43. The Morgan fingerprint density at radius 1 is 0.547 bits per heavy atom. The molecule has 2 aliphatic heterocycles. The number of unbranched alkanes of at least 4 members (excludes halogenated alkanes) is 2. The van der Waals surface area contributed by atoms with Crippen molar-refractivity contribution in [3.8, 4) is 0 Å². The van der Waals surface area contributed by atoms with Crippen molar-refractivity contribution in [3.05, 3.63) is 29.3 Å². The van der Waals surface area contributed by atoms with Gasteiger partial charge in [-0.15, -0.1) is 0 Å². The van der Waals surface area contributed by atoms with E-state index in [1.54, 1.807) is 12.1 Å².